The summed E-state index contributed by atoms with van der Waals surface area (Å²) >= 11 is 0. The van der Waals surface area contributed by atoms with E-state index in [9.17, 15) is 4.79 Å². The Morgan fingerprint density at radius 2 is 1.60 bits per heavy atom. The Bertz CT molecular complexity index is 702. The van der Waals surface area contributed by atoms with Crippen LogP contribution < -0.4 is 4.74 Å². The van der Waals surface area contributed by atoms with Crippen molar-refractivity contribution in [3.05, 3.63) is 65.7 Å². The molecule has 2 atom stereocenters. The van der Waals surface area contributed by atoms with Crippen LogP contribution in [0.2, 0.25) is 0 Å². The molecular weight excluding hydrogens is 248 g/mol. The molecule has 0 amide bonds. The zero-order valence-electron chi connectivity index (χ0n) is 11.6. The number of hydrogen-bond acceptors (Lipinski definition) is 2. The van der Waals surface area contributed by atoms with Gasteiger partial charge in [-0.25, -0.2) is 0 Å². The first-order chi connectivity index (χ1) is 9.60. The van der Waals surface area contributed by atoms with Crippen molar-refractivity contribution in [2.45, 2.75) is 25.2 Å². The molecule has 0 aromatic heterocycles. The summed E-state index contributed by atoms with van der Waals surface area (Å²) in [7, 11) is 0. The molecule has 1 heterocycles. The fraction of sp³-hybridized carbons (Fsp3) is 0.278. The third-order valence-electron chi connectivity index (χ3n) is 5.06. The molecule has 1 saturated carbocycles. The lowest BCUT2D eigenvalue weighted by molar-refractivity contribution is -0.136. The lowest BCUT2D eigenvalue weighted by Gasteiger charge is -2.09. The fourth-order valence-corrected chi connectivity index (χ4v) is 4.13. The van der Waals surface area contributed by atoms with E-state index in [-0.39, 0.29) is 17.3 Å². The topological polar surface area (TPSA) is 26.3 Å². The van der Waals surface area contributed by atoms with Crippen LogP contribution in [0, 0.1) is 5.41 Å². The first-order valence-electron chi connectivity index (χ1n) is 6.97. The number of esters is 1. The molecule has 0 saturated heterocycles. The van der Waals surface area contributed by atoms with Crippen LogP contribution in [0.3, 0.4) is 0 Å². The number of hydrogen-bond donors (Lipinski definition) is 0. The minimum atomic E-state index is -0.509. The summed E-state index contributed by atoms with van der Waals surface area (Å²) in [6.45, 7) is 4.32. The number of ether oxygens (including phenoxy) is 1. The van der Waals surface area contributed by atoms with Crippen LogP contribution >= 0.6 is 0 Å². The number of carbonyl (C=O) groups excluding carboxylic acids is 1. The maximum atomic E-state index is 12.6. The Hall–Kier alpha value is -2.09. The second-order valence-electron chi connectivity index (χ2n) is 6.26. The van der Waals surface area contributed by atoms with Gasteiger partial charge < -0.3 is 4.74 Å². The molecule has 0 bridgehead atoms. The Labute approximate surface area is 118 Å². The van der Waals surface area contributed by atoms with Gasteiger partial charge in [-0.15, -0.1) is 0 Å². The Balaban J connectivity index is 1.92. The minimum Gasteiger partial charge on any atom is -0.426 e. The van der Waals surface area contributed by atoms with Crippen LogP contribution in [-0.2, 0) is 10.2 Å². The molecule has 0 N–H and O–H groups in total. The van der Waals surface area contributed by atoms with Gasteiger partial charge in [-0.3, -0.25) is 4.79 Å². The molecule has 2 nitrogen and oxygen atoms in total. The average Bonchev–Trinajstić information content (AvgIpc) is 2.82. The Morgan fingerprint density at radius 3 is 2.35 bits per heavy atom. The summed E-state index contributed by atoms with van der Waals surface area (Å²) in [5.41, 5.74) is 1.64. The van der Waals surface area contributed by atoms with Gasteiger partial charge in [0.25, 0.3) is 0 Å². The van der Waals surface area contributed by atoms with Gasteiger partial charge in [0.15, 0.2) is 0 Å². The first kappa shape index (κ1) is 11.7. The quantitative estimate of drug-likeness (QED) is 0.580. The van der Waals surface area contributed by atoms with Gasteiger partial charge in [0.2, 0.25) is 0 Å². The number of rotatable bonds is 1. The van der Waals surface area contributed by atoms with Gasteiger partial charge in [-0.1, -0.05) is 62.4 Å². The van der Waals surface area contributed by atoms with Crippen molar-refractivity contribution in [1.82, 2.24) is 0 Å². The van der Waals surface area contributed by atoms with Crippen molar-refractivity contribution in [3.8, 4) is 5.75 Å². The second kappa shape index (κ2) is 3.51. The van der Waals surface area contributed by atoms with Gasteiger partial charge in [0.1, 0.15) is 11.2 Å². The summed E-state index contributed by atoms with van der Waals surface area (Å²) in [6.07, 6.45) is 0. The van der Waals surface area contributed by atoms with E-state index in [0.29, 0.717) is 0 Å². The van der Waals surface area contributed by atoms with E-state index in [1.165, 1.54) is 5.56 Å². The molecule has 100 valence electrons. The van der Waals surface area contributed by atoms with E-state index >= 15 is 0 Å². The summed E-state index contributed by atoms with van der Waals surface area (Å²) in [6, 6.07) is 18.1. The van der Waals surface area contributed by atoms with Gasteiger partial charge in [0.05, 0.1) is 0 Å². The SMILES string of the molecule is CC1(C)[C@@H](c2ccccc2)[C@]12C(=O)Oc1ccccc12. The van der Waals surface area contributed by atoms with Crippen LogP contribution in [-0.4, -0.2) is 5.97 Å². The molecule has 4 rings (SSSR count). The standard InChI is InChI=1S/C18H16O2/c1-17(2)15(12-8-4-3-5-9-12)18(17)13-10-6-7-11-14(13)20-16(18)19/h3-11,15H,1-2H3/t15-,18-/m1/s1. The van der Waals surface area contributed by atoms with Gasteiger partial charge >= 0.3 is 5.97 Å². The van der Waals surface area contributed by atoms with E-state index in [2.05, 4.69) is 26.0 Å². The summed E-state index contributed by atoms with van der Waals surface area (Å²) in [4.78, 5) is 12.6. The highest BCUT2D eigenvalue weighted by Crippen LogP contribution is 2.77. The molecule has 2 aliphatic rings. The normalized spacial score (nSPS) is 29.1. The van der Waals surface area contributed by atoms with Gasteiger partial charge in [-0.05, 0) is 17.0 Å². The van der Waals surface area contributed by atoms with Crippen LogP contribution in [0.1, 0.15) is 30.9 Å². The van der Waals surface area contributed by atoms with Crippen LogP contribution in [0.15, 0.2) is 54.6 Å². The van der Waals surface area contributed by atoms with Gasteiger partial charge in [0, 0.05) is 11.5 Å². The van der Waals surface area contributed by atoms with Crippen molar-refractivity contribution in [3.63, 3.8) is 0 Å². The summed E-state index contributed by atoms with van der Waals surface area (Å²) in [5.74, 6) is 0.814. The molecule has 0 unspecified atom stereocenters. The predicted molar refractivity (Wildman–Crippen MR) is 76.7 cm³/mol. The molecule has 1 aliphatic carbocycles. The number of benzene rings is 2. The monoisotopic (exact) mass is 264 g/mol. The molecular formula is C18H16O2. The van der Waals surface area contributed by atoms with Crippen LogP contribution in [0.4, 0.5) is 0 Å². The smallest absolute Gasteiger partial charge is 0.323 e. The third kappa shape index (κ3) is 1.13. The summed E-state index contributed by atoms with van der Waals surface area (Å²) < 4.78 is 5.53. The zero-order valence-corrected chi connectivity index (χ0v) is 11.6. The maximum Gasteiger partial charge on any atom is 0.323 e. The Kier molecular flexibility index (Phi) is 2.06. The van der Waals surface area contributed by atoms with Crippen molar-refractivity contribution < 1.29 is 9.53 Å². The molecule has 2 aromatic rings. The fourth-order valence-electron chi connectivity index (χ4n) is 4.13. The highest BCUT2D eigenvalue weighted by Gasteiger charge is 2.80. The molecule has 2 heteroatoms. The van der Waals surface area contributed by atoms with Crippen LogP contribution in [0.25, 0.3) is 0 Å². The molecule has 1 aliphatic heterocycles. The largest absolute Gasteiger partial charge is 0.426 e. The molecule has 0 radical (unpaired) electrons. The highest BCUT2D eigenvalue weighted by atomic mass is 16.5. The van der Waals surface area contributed by atoms with E-state index in [4.69, 9.17) is 4.74 Å². The molecule has 2 aromatic carbocycles. The maximum absolute atomic E-state index is 12.6. The van der Waals surface area contributed by atoms with E-state index in [1.54, 1.807) is 0 Å². The third-order valence-corrected chi connectivity index (χ3v) is 5.06. The predicted octanol–water partition coefficient (Wildman–Crippen LogP) is 3.67. The minimum absolute atomic E-state index is 0.0995. The van der Waals surface area contributed by atoms with Crippen molar-refractivity contribution >= 4 is 5.97 Å². The Morgan fingerprint density at radius 1 is 0.950 bits per heavy atom. The van der Waals surface area contributed by atoms with Crippen molar-refractivity contribution in [2.24, 2.45) is 5.41 Å². The van der Waals surface area contributed by atoms with Gasteiger partial charge in [-0.2, -0.15) is 0 Å². The second-order valence-corrected chi connectivity index (χ2v) is 6.26. The molecule has 20 heavy (non-hydrogen) atoms. The molecule has 1 fully saturated rings. The molecule has 1 spiro atoms. The zero-order chi connectivity index (χ0) is 14.0. The van der Waals surface area contributed by atoms with E-state index < -0.39 is 5.41 Å². The van der Waals surface area contributed by atoms with E-state index in [1.807, 2.05) is 42.5 Å². The van der Waals surface area contributed by atoms with Crippen LogP contribution in [0.5, 0.6) is 5.75 Å². The summed E-state index contributed by atoms with van der Waals surface area (Å²) in [5, 5.41) is 0. The van der Waals surface area contributed by atoms with Crippen molar-refractivity contribution in [2.75, 3.05) is 0 Å². The number of para-hydroxylation sites is 1. The number of fused-ring (bicyclic) bond motifs is 2. The lowest BCUT2D eigenvalue weighted by atomic mass is 9.88. The number of carbonyl (C=O) groups is 1. The highest BCUT2D eigenvalue weighted by molar-refractivity contribution is 5.97. The average molecular weight is 264 g/mol. The first-order valence-corrected chi connectivity index (χ1v) is 6.97. The lowest BCUT2D eigenvalue weighted by Crippen LogP contribution is -2.24. The van der Waals surface area contributed by atoms with Crippen molar-refractivity contribution in [1.29, 1.82) is 0 Å². The van der Waals surface area contributed by atoms with E-state index in [0.717, 1.165) is 11.3 Å².